The number of ether oxygens (including phenoxy) is 1. The normalized spacial score (nSPS) is 12.6. The molecule has 0 aliphatic carbocycles. The maximum absolute atomic E-state index is 11.6. The van der Waals surface area contributed by atoms with Gasteiger partial charge in [0.2, 0.25) is 0 Å². The smallest absolute Gasteiger partial charge is 0.408 e. The van der Waals surface area contributed by atoms with Crippen molar-refractivity contribution in [3.63, 3.8) is 0 Å². The number of hydrogen-bond acceptors (Lipinski definition) is 3. The number of carboxylic acids is 1. The monoisotopic (exact) mass is 263 g/mol. The average molecular weight is 263 g/mol. The van der Waals surface area contributed by atoms with Gasteiger partial charge in [0.25, 0.3) is 0 Å². The Morgan fingerprint density at radius 2 is 1.79 bits per heavy atom. The molecule has 1 rings (SSSR count). The first kappa shape index (κ1) is 15.1. The van der Waals surface area contributed by atoms with Gasteiger partial charge in [-0.1, -0.05) is 29.7 Å². The topological polar surface area (TPSA) is 75.6 Å². The van der Waals surface area contributed by atoms with Crippen LogP contribution in [-0.2, 0) is 9.53 Å². The van der Waals surface area contributed by atoms with Crippen LogP contribution in [0.1, 0.15) is 32.4 Å². The minimum absolute atomic E-state index is 0.504. The maximum atomic E-state index is 11.6. The van der Waals surface area contributed by atoms with Gasteiger partial charge in [-0.15, -0.1) is 0 Å². The van der Waals surface area contributed by atoms with E-state index in [9.17, 15) is 14.7 Å². The first-order valence-electron chi connectivity index (χ1n) is 5.98. The first-order chi connectivity index (χ1) is 8.69. The van der Waals surface area contributed by atoms with Gasteiger partial charge in [0, 0.05) is 0 Å². The van der Waals surface area contributed by atoms with Crippen LogP contribution in [0.3, 0.4) is 0 Å². The van der Waals surface area contributed by atoms with Crippen molar-refractivity contribution in [1.29, 1.82) is 0 Å². The molecule has 0 spiro atoms. The van der Waals surface area contributed by atoms with E-state index < -0.39 is 23.7 Å². The Balaban J connectivity index is 2.82. The third-order valence-corrected chi connectivity index (χ3v) is 2.32. The number of rotatable bonds is 3. The SMILES string of the molecule is Bc1ccc(C(NC(=O)OC(C)(C)C)C(=O)O)cc1. The largest absolute Gasteiger partial charge is 0.479 e. The molecule has 0 bridgehead atoms. The summed E-state index contributed by atoms with van der Waals surface area (Å²) < 4.78 is 5.05. The van der Waals surface area contributed by atoms with Crippen molar-refractivity contribution in [3.05, 3.63) is 29.8 Å². The standard InChI is InChI=1S/C13H18BNO4/c1-13(2,3)19-12(18)15-10(11(16)17)8-4-6-9(14)7-5-8/h4-7,10H,14H2,1-3H3,(H,15,18)(H,16,17). The van der Waals surface area contributed by atoms with Gasteiger partial charge in [-0.05, 0) is 26.3 Å². The van der Waals surface area contributed by atoms with Gasteiger partial charge in [0.15, 0.2) is 6.04 Å². The van der Waals surface area contributed by atoms with Crippen LogP contribution >= 0.6 is 0 Å². The molecule has 0 heterocycles. The van der Waals surface area contributed by atoms with Crippen LogP contribution < -0.4 is 10.8 Å². The fourth-order valence-corrected chi connectivity index (χ4v) is 1.47. The van der Waals surface area contributed by atoms with E-state index in [0.717, 1.165) is 5.46 Å². The molecule has 0 saturated carbocycles. The van der Waals surface area contributed by atoms with E-state index in [1.54, 1.807) is 45.0 Å². The molecule has 19 heavy (non-hydrogen) atoms. The van der Waals surface area contributed by atoms with E-state index in [2.05, 4.69) is 5.32 Å². The summed E-state index contributed by atoms with van der Waals surface area (Å²) in [6.45, 7) is 5.15. The molecule has 0 saturated heterocycles. The van der Waals surface area contributed by atoms with Crippen molar-refractivity contribution < 1.29 is 19.4 Å². The van der Waals surface area contributed by atoms with Gasteiger partial charge in [0.05, 0.1) is 0 Å². The fourth-order valence-electron chi connectivity index (χ4n) is 1.47. The fraction of sp³-hybridized carbons (Fsp3) is 0.385. The highest BCUT2D eigenvalue weighted by molar-refractivity contribution is 6.32. The van der Waals surface area contributed by atoms with E-state index in [1.165, 1.54) is 0 Å². The third kappa shape index (κ3) is 5.03. The summed E-state index contributed by atoms with van der Waals surface area (Å²) in [5.41, 5.74) is 0.856. The van der Waals surface area contributed by atoms with Crippen LogP contribution in [0.15, 0.2) is 24.3 Å². The number of nitrogens with one attached hydrogen (secondary N) is 1. The summed E-state index contributed by atoms with van der Waals surface area (Å²) in [7, 11) is 1.90. The molecule has 1 amide bonds. The number of carboxylic acid groups (broad SMARTS) is 1. The average Bonchev–Trinajstić information content (AvgIpc) is 2.24. The predicted octanol–water partition coefficient (Wildman–Crippen LogP) is 0.595. The quantitative estimate of drug-likeness (QED) is 0.783. The van der Waals surface area contributed by atoms with Crippen LogP contribution in [0.25, 0.3) is 0 Å². The van der Waals surface area contributed by atoms with E-state index in [4.69, 9.17) is 4.74 Å². The molecule has 1 atom stereocenters. The zero-order valence-electron chi connectivity index (χ0n) is 11.6. The number of carbonyl (C=O) groups excluding carboxylic acids is 1. The lowest BCUT2D eigenvalue weighted by Gasteiger charge is -2.22. The lowest BCUT2D eigenvalue weighted by Crippen LogP contribution is -2.38. The molecule has 102 valence electrons. The van der Waals surface area contributed by atoms with Crippen molar-refractivity contribution in [3.8, 4) is 0 Å². The Kier molecular flexibility index (Phi) is 4.59. The highest BCUT2D eigenvalue weighted by Gasteiger charge is 2.25. The van der Waals surface area contributed by atoms with Gasteiger partial charge in [-0.3, -0.25) is 0 Å². The molecule has 0 radical (unpaired) electrons. The predicted molar refractivity (Wildman–Crippen MR) is 74.4 cm³/mol. The van der Waals surface area contributed by atoms with Crippen LogP contribution in [-0.4, -0.2) is 30.6 Å². The van der Waals surface area contributed by atoms with E-state index in [-0.39, 0.29) is 0 Å². The van der Waals surface area contributed by atoms with Gasteiger partial charge in [0.1, 0.15) is 13.4 Å². The summed E-state index contributed by atoms with van der Waals surface area (Å²) in [4.78, 5) is 22.8. The molecule has 0 aromatic heterocycles. The molecule has 6 heteroatoms. The molecule has 0 fully saturated rings. The Labute approximate surface area is 113 Å². The minimum atomic E-state index is -1.13. The second kappa shape index (κ2) is 5.78. The third-order valence-electron chi connectivity index (χ3n) is 2.32. The van der Waals surface area contributed by atoms with Gasteiger partial charge in [-0.2, -0.15) is 0 Å². The minimum Gasteiger partial charge on any atom is -0.479 e. The summed E-state index contributed by atoms with van der Waals surface area (Å²) in [5.74, 6) is -1.13. The van der Waals surface area contributed by atoms with Crippen molar-refractivity contribution in [2.24, 2.45) is 0 Å². The van der Waals surface area contributed by atoms with Crippen LogP contribution in [0, 0.1) is 0 Å². The number of carbonyl (C=O) groups is 2. The second-order valence-electron chi connectivity index (χ2n) is 5.33. The summed E-state index contributed by atoms with van der Waals surface area (Å²) in [5, 5.41) is 11.5. The van der Waals surface area contributed by atoms with Crippen LogP contribution in [0.5, 0.6) is 0 Å². The Morgan fingerprint density at radius 1 is 1.26 bits per heavy atom. The Morgan fingerprint density at radius 3 is 2.21 bits per heavy atom. The van der Waals surface area contributed by atoms with Gasteiger partial charge >= 0.3 is 12.1 Å². The number of amides is 1. The summed E-state index contributed by atoms with van der Waals surface area (Å²) in [6, 6.07) is 5.82. The number of hydrogen-bond donors (Lipinski definition) is 2. The number of aliphatic carboxylic acids is 1. The van der Waals surface area contributed by atoms with Gasteiger partial charge in [-0.25, -0.2) is 9.59 Å². The van der Waals surface area contributed by atoms with E-state index >= 15 is 0 Å². The number of alkyl carbamates (subject to hydrolysis) is 1. The van der Waals surface area contributed by atoms with Crippen molar-refractivity contribution in [1.82, 2.24) is 5.32 Å². The maximum Gasteiger partial charge on any atom is 0.408 e. The van der Waals surface area contributed by atoms with E-state index in [0.29, 0.717) is 5.56 Å². The highest BCUT2D eigenvalue weighted by Crippen LogP contribution is 2.14. The molecular formula is C13H18BNO4. The molecule has 5 nitrogen and oxygen atoms in total. The molecular weight excluding hydrogens is 245 g/mol. The first-order valence-corrected chi connectivity index (χ1v) is 5.98. The Bertz CT molecular complexity index is 465. The van der Waals surface area contributed by atoms with Crippen molar-refractivity contribution in [2.75, 3.05) is 0 Å². The van der Waals surface area contributed by atoms with Crippen LogP contribution in [0.2, 0.25) is 0 Å². The second-order valence-corrected chi connectivity index (χ2v) is 5.33. The molecule has 1 aromatic carbocycles. The zero-order chi connectivity index (χ0) is 14.6. The molecule has 0 aliphatic rings. The lowest BCUT2D eigenvalue weighted by atomic mass is 9.94. The molecule has 1 aromatic rings. The lowest BCUT2D eigenvalue weighted by molar-refractivity contribution is -0.139. The molecule has 0 aliphatic heterocycles. The van der Waals surface area contributed by atoms with Crippen molar-refractivity contribution in [2.45, 2.75) is 32.4 Å². The zero-order valence-corrected chi connectivity index (χ0v) is 11.6. The molecule has 2 N–H and O–H groups in total. The highest BCUT2D eigenvalue weighted by atomic mass is 16.6. The Hall–Kier alpha value is -1.98. The van der Waals surface area contributed by atoms with Gasteiger partial charge < -0.3 is 15.2 Å². The number of benzene rings is 1. The summed E-state index contributed by atoms with van der Waals surface area (Å²) in [6.07, 6.45) is -0.750. The van der Waals surface area contributed by atoms with Crippen LogP contribution in [0.4, 0.5) is 4.79 Å². The van der Waals surface area contributed by atoms with Crippen molar-refractivity contribution >= 4 is 25.4 Å². The molecule has 1 unspecified atom stereocenters. The summed E-state index contributed by atoms with van der Waals surface area (Å²) >= 11 is 0. The van der Waals surface area contributed by atoms with E-state index in [1.807, 2.05) is 7.85 Å².